The molecule has 0 saturated heterocycles. The number of benzene rings is 1. The highest BCUT2D eigenvalue weighted by molar-refractivity contribution is 7.71. The largest absolute Gasteiger partial charge is 0.327 e. The summed E-state index contributed by atoms with van der Waals surface area (Å²) in [6.45, 7) is 4.31. The van der Waals surface area contributed by atoms with Gasteiger partial charge in [-0.1, -0.05) is 38.5 Å². The maximum Gasteiger partial charge on any atom is 0.184 e. The van der Waals surface area contributed by atoms with E-state index in [0.717, 1.165) is 46.6 Å². The van der Waals surface area contributed by atoms with Crippen molar-refractivity contribution in [1.29, 1.82) is 0 Å². The van der Waals surface area contributed by atoms with Gasteiger partial charge in [0.25, 0.3) is 0 Å². The minimum atomic E-state index is 0.733. The van der Waals surface area contributed by atoms with Crippen molar-refractivity contribution in [3.63, 3.8) is 0 Å². The van der Waals surface area contributed by atoms with E-state index in [1.807, 2.05) is 11.7 Å². The standard InChI is InChI=1S/C16H20N4S/c1-4-8-11-9-6-7-10-13(11)20-15-14(17-16(20)21)12(5-2)18-19(15)3/h6-7,9-10H,4-5,8H2,1-3H3,(H,17,21). The van der Waals surface area contributed by atoms with Crippen molar-refractivity contribution in [3.05, 3.63) is 40.3 Å². The molecule has 3 rings (SSSR count). The van der Waals surface area contributed by atoms with E-state index >= 15 is 0 Å². The number of imidazole rings is 1. The van der Waals surface area contributed by atoms with Crippen LogP contribution in [0.5, 0.6) is 0 Å². The maximum atomic E-state index is 5.57. The maximum absolute atomic E-state index is 5.57. The van der Waals surface area contributed by atoms with Crippen molar-refractivity contribution < 1.29 is 0 Å². The fraction of sp³-hybridized carbons (Fsp3) is 0.375. The zero-order chi connectivity index (χ0) is 15.0. The van der Waals surface area contributed by atoms with Crippen LogP contribution in [0.2, 0.25) is 0 Å². The smallest absolute Gasteiger partial charge is 0.184 e. The second-order valence-electron chi connectivity index (χ2n) is 5.27. The number of hydrogen-bond acceptors (Lipinski definition) is 2. The molecule has 2 heterocycles. The van der Waals surface area contributed by atoms with Gasteiger partial charge < -0.3 is 4.98 Å². The van der Waals surface area contributed by atoms with Gasteiger partial charge in [-0.2, -0.15) is 5.10 Å². The Balaban J connectivity index is 2.33. The second-order valence-corrected chi connectivity index (χ2v) is 5.65. The van der Waals surface area contributed by atoms with Gasteiger partial charge in [0.2, 0.25) is 0 Å². The number of aryl methyl sites for hydroxylation is 3. The van der Waals surface area contributed by atoms with Crippen molar-refractivity contribution in [3.8, 4) is 5.69 Å². The van der Waals surface area contributed by atoms with Gasteiger partial charge in [0.15, 0.2) is 10.4 Å². The molecule has 4 nitrogen and oxygen atoms in total. The summed E-state index contributed by atoms with van der Waals surface area (Å²) in [4.78, 5) is 3.33. The van der Waals surface area contributed by atoms with Crippen LogP contribution in [-0.2, 0) is 19.9 Å². The average Bonchev–Trinajstić information content (AvgIpc) is 2.97. The van der Waals surface area contributed by atoms with Crippen LogP contribution in [0.1, 0.15) is 31.5 Å². The molecule has 0 amide bonds. The Morgan fingerprint density at radius 2 is 2.00 bits per heavy atom. The molecular formula is C16H20N4S. The topological polar surface area (TPSA) is 38.5 Å². The second kappa shape index (κ2) is 5.48. The third-order valence-electron chi connectivity index (χ3n) is 3.82. The highest BCUT2D eigenvalue weighted by Crippen LogP contribution is 2.25. The predicted octanol–water partition coefficient (Wildman–Crippen LogP) is 3.94. The lowest BCUT2D eigenvalue weighted by molar-refractivity contribution is 0.746. The zero-order valence-corrected chi connectivity index (χ0v) is 13.5. The molecule has 0 unspecified atom stereocenters. The van der Waals surface area contributed by atoms with Crippen LogP contribution in [0, 0.1) is 4.77 Å². The zero-order valence-electron chi connectivity index (χ0n) is 12.7. The van der Waals surface area contributed by atoms with Gasteiger partial charge in [-0.05, 0) is 36.7 Å². The molecule has 2 aromatic heterocycles. The number of fused-ring (bicyclic) bond motifs is 1. The summed E-state index contributed by atoms with van der Waals surface area (Å²) >= 11 is 5.57. The Hall–Kier alpha value is -1.88. The molecule has 1 N–H and O–H groups in total. The first kappa shape index (κ1) is 14.1. The molecule has 0 atom stereocenters. The fourth-order valence-electron chi connectivity index (χ4n) is 2.89. The van der Waals surface area contributed by atoms with Gasteiger partial charge in [0.1, 0.15) is 5.52 Å². The first-order chi connectivity index (χ1) is 10.2. The molecule has 1 aromatic carbocycles. The van der Waals surface area contributed by atoms with Gasteiger partial charge in [0.05, 0.1) is 11.4 Å². The number of nitrogens with zero attached hydrogens (tertiary/aromatic N) is 3. The summed E-state index contributed by atoms with van der Waals surface area (Å²) in [5.41, 5.74) is 5.62. The molecule has 21 heavy (non-hydrogen) atoms. The van der Waals surface area contributed by atoms with Crippen molar-refractivity contribution >= 4 is 23.4 Å². The van der Waals surface area contributed by atoms with Crippen molar-refractivity contribution in [1.82, 2.24) is 19.3 Å². The van der Waals surface area contributed by atoms with E-state index in [1.54, 1.807) is 0 Å². The molecule has 0 fully saturated rings. The Labute approximate surface area is 129 Å². The number of rotatable bonds is 4. The Kier molecular flexibility index (Phi) is 3.68. The van der Waals surface area contributed by atoms with Crippen LogP contribution in [-0.4, -0.2) is 19.3 Å². The number of aromatic amines is 1. The molecule has 3 aromatic rings. The SMILES string of the molecule is CCCc1ccccc1-n1c(=S)[nH]c2c(CC)nn(C)c21. The van der Waals surface area contributed by atoms with Gasteiger partial charge in [-0.3, -0.25) is 4.57 Å². The molecule has 110 valence electrons. The summed E-state index contributed by atoms with van der Waals surface area (Å²) in [5, 5.41) is 4.59. The Bertz CT molecular complexity index is 838. The van der Waals surface area contributed by atoms with Crippen LogP contribution in [0.15, 0.2) is 24.3 Å². The third-order valence-corrected chi connectivity index (χ3v) is 4.11. The predicted molar refractivity (Wildman–Crippen MR) is 88.6 cm³/mol. The van der Waals surface area contributed by atoms with Crippen molar-refractivity contribution in [2.45, 2.75) is 33.1 Å². The molecule has 0 aliphatic carbocycles. The van der Waals surface area contributed by atoms with E-state index in [9.17, 15) is 0 Å². The summed E-state index contributed by atoms with van der Waals surface area (Å²) in [5.74, 6) is 0. The van der Waals surface area contributed by atoms with Crippen LogP contribution in [0.25, 0.3) is 16.9 Å². The molecule has 0 bridgehead atoms. The van der Waals surface area contributed by atoms with Gasteiger partial charge in [-0.15, -0.1) is 0 Å². The molecular weight excluding hydrogens is 280 g/mol. The van der Waals surface area contributed by atoms with Gasteiger partial charge in [0, 0.05) is 7.05 Å². The summed E-state index contributed by atoms with van der Waals surface area (Å²) in [6.07, 6.45) is 3.05. The monoisotopic (exact) mass is 300 g/mol. The van der Waals surface area contributed by atoms with E-state index < -0.39 is 0 Å². The highest BCUT2D eigenvalue weighted by atomic mass is 32.1. The lowest BCUT2D eigenvalue weighted by Gasteiger charge is -2.10. The van der Waals surface area contributed by atoms with E-state index in [4.69, 9.17) is 12.2 Å². The summed E-state index contributed by atoms with van der Waals surface area (Å²) in [6, 6.07) is 8.46. The lowest BCUT2D eigenvalue weighted by atomic mass is 10.1. The van der Waals surface area contributed by atoms with Crippen LogP contribution >= 0.6 is 12.2 Å². The van der Waals surface area contributed by atoms with Crippen LogP contribution in [0.4, 0.5) is 0 Å². The quantitative estimate of drug-likeness (QED) is 0.741. The van der Waals surface area contributed by atoms with Gasteiger partial charge in [-0.25, -0.2) is 4.68 Å². The molecule has 0 saturated carbocycles. The molecule has 0 aliphatic heterocycles. The summed E-state index contributed by atoms with van der Waals surface area (Å²) < 4.78 is 4.77. The van der Waals surface area contributed by atoms with E-state index in [0.29, 0.717) is 0 Å². The first-order valence-electron chi connectivity index (χ1n) is 7.42. The summed E-state index contributed by atoms with van der Waals surface area (Å²) in [7, 11) is 1.98. The number of aromatic nitrogens is 4. The highest BCUT2D eigenvalue weighted by Gasteiger charge is 2.16. The first-order valence-corrected chi connectivity index (χ1v) is 7.83. The van der Waals surface area contributed by atoms with E-state index in [-0.39, 0.29) is 0 Å². The lowest BCUT2D eigenvalue weighted by Crippen LogP contribution is -2.04. The van der Waals surface area contributed by atoms with Crippen molar-refractivity contribution in [2.24, 2.45) is 7.05 Å². The Morgan fingerprint density at radius 3 is 2.71 bits per heavy atom. The van der Waals surface area contributed by atoms with Crippen molar-refractivity contribution in [2.75, 3.05) is 0 Å². The molecule has 0 spiro atoms. The van der Waals surface area contributed by atoms with E-state index in [1.165, 1.54) is 5.56 Å². The average molecular weight is 300 g/mol. The molecule has 0 radical (unpaired) electrons. The van der Waals surface area contributed by atoms with Gasteiger partial charge >= 0.3 is 0 Å². The fourth-order valence-corrected chi connectivity index (χ4v) is 3.18. The third kappa shape index (κ3) is 2.21. The number of nitrogens with one attached hydrogen (secondary N) is 1. The number of para-hydroxylation sites is 1. The minimum Gasteiger partial charge on any atom is -0.327 e. The number of hydrogen-bond donors (Lipinski definition) is 1. The van der Waals surface area contributed by atoms with Crippen LogP contribution in [0.3, 0.4) is 0 Å². The van der Waals surface area contributed by atoms with E-state index in [2.05, 4.69) is 52.8 Å². The molecule has 0 aliphatic rings. The molecule has 5 heteroatoms. The normalized spacial score (nSPS) is 11.4. The van der Waals surface area contributed by atoms with Crippen LogP contribution < -0.4 is 0 Å². The minimum absolute atomic E-state index is 0.733. The number of H-pyrrole nitrogens is 1. The Morgan fingerprint density at radius 1 is 1.24 bits per heavy atom.